The molecule has 0 aliphatic rings. The van der Waals surface area contributed by atoms with Gasteiger partial charge >= 0.3 is 0 Å². The molecule has 30 heavy (non-hydrogen) atoms. The Balaban J connectivity index is 2.10. The molecule has 2 rings (SSSR count). The maximum Gasteiger partial charge on any atom is 0.262 e. The molecule has 0 saturated carbocycles. The number of carbonyl (C=O) groups excluding carboxylic acids is 2. The molecule has 2 N–H and O–H groups in total. The fourth-order valence-electron chi connectivity index (χ4n) is 2.65. The summed E-state index contributed by atoms with van der Waals surface area (Å²) in [6.45, 7) is 3.65. The first-order valence-electron chi connectivity index (χ1n) is 9.08. The van der Waals surface area contributed by atoms with Gasteiger partial charge in [-0.3, -0.25) is 9.59 Å². The minimum absolute atomic E-state index is 0.165. The molecule has 1 atom stereocenters. The van der Waals surface area contributed by atoms with Crippen molar-refractivity contribution in [2.24, 2.45) is 11.0 Å². The molecule has 0 fully saturated rings. The molecule has 0 saturated heterocycles. The lowest BCUT2D eigenvalue weighted by atomic mass is 10.0. The average molecular weight is 497 g/mol. The van der Waals surface area contributed by atoms with Crippen molar-refractivity contribution in [3.8, 4) is 11.5 Å². The number of hydrogen-bond donors (Lipinski definition) is 2. The minimum atomic E-state index is -0.789. The summed E-state index contributed by atoms with van der Waals surface area (Å²) in [5.41, 5.74) is 3.45. The van der Waals surface area contributed by atoms with Gasteiger partial charge in [0.25, 0.3) is 11.8 Å². The van der Waals surface area contributed by atoms with Gasteiger partial charge < -0.3 is 14.8 Å². The Kier molecular flexibility index (Phi) is 8.68. The van der Waals surface area contributed by atoms with E-state index in [-0.39, 0.29) is 5.92 Å². The van der Waals surface area contributed by atoms with Crippen LogP contribution in [0.5, 0.6) is 11.5 Å². The van der Waals surface area contributed by atoms with Gasteiger partial charge in [0.2, 0.25) is 0 Å². The summed E-state index contributed by atoms with van der Waals surface area (Å²) in [6, 6.07) is 9.35. The normalized spacial score (nSPS) is 12.0. The third kappa shape index (κ3) is 5.96. The van der Waals surface area contributed by atoms with E-state index >= 15 is 0 Å². The van der Waals surface area contributed by atoms with Crippen molar-refractivity contribution >= 4 is 45.6 Å². The Hall–Kier alpha value is -2.58. The second-order valence-corrected chi connectivity index (χ2v) is 7.91. The standard InChI is InChI=1S/C21H23BrClN3O4/c1-12(2)18(25-20(27)14-7-5-6-8-16(14)23)21(28)26-24-11-13-9-15(22)19(30-4)17(10-13)29-3/h5-12,18H,1-4H3,(H,25,27)(H,26,28)/b24-11+. The molecule has 2 aromatic rings. The highest BCUT2D eigenvalue weighted by Crippen LogP contribution is 2.35. The van der Waals surface area contributed by atoms with Crippen molar-refractivity contribution in [1.82, 2.24) is 10.7 Å². The number of ether oxygens (including phenoxy) is 2. The SMILES string of the molecule is COc1cc(/C=N/NC(=O)C(NC(=O)c2ccccc2Cl)C(C)C)cc(Br)c1OC. The Morgan fingerprint density at radius 1 is 1.17 bits per heavy atom. The number of amides is 2. The number of nitrogens with zero attached hydrogens (tertiary/aromatic N) is 1. The quantitative estimate of drug-likeness (QED) is 0.427. The fraction of sp³-hybridized carbons (Fsp3) is 0.286. The number of carbonyl (C=O) groups is 2. The second kappa shape index (κ2) is 11.0. The van der Waals surface area contributed by atoms with E-state index in [9.17, 15) is 9.59 Å². The number of halogens is 2. The topological polar surface area (TPSA) is 89.0 Å². The van der Waals surface area contributed by atoms with Crippen LogP contribution in [0.15, 0.2) is 46.0 Å². The molecule has 160 valence electrons. The summed E-state index contributed by atoms with van der Waals surface area (Å²) in [6.07, 6.45) is 1.47. The summed E-state index contributed by atoms with van der Waals surface area (Å²) in [4.78, 5) is 25.1. The molecule has 0 spiro atoms. The van der Waals surface area contributed by atoms with Crippen molar-refractivity contribution in [3.63, 3.8) is 0 Å². The highest BCUT2D eigenvalue weighted by atomic mass is 79.9. The minimum Gasteiger partial charge on any atom is -0.493 e. The lowest BCUT2D eigenvalue weighted by Gasteiger charge is -2.20. The molecular weight excluding hydrogens is 474 g/mol. The van der Waals surface area contributed by atoms with E-state index in [1.165, 1.54) is 13.3 Å². The lowest BCUT2D eigenvalue weighted by Crippen LogP contribution is -2.48. The van der Waals surface area contributed by atoms with Crippen LogP contribution in [0, 0.1) is 5.92 Å². The predicted octanol–water partition coefficient (Wildman–Crippen LogP) is 4.02. The van der Waals surface area contributed by atoms with E-state index in [1.54, 1.807) is 43.5 Å². The van der Waals surface area contributed by atoms with Crippen LogP contribution in [0.1, 0.15) is 29.8 Å². The van der Waals surface area contributed by atoms with Gasteiger partial charge in [0, 0.05) is 0 Å². The number of methoxy groups -OCH3 is 2. The third-order valence-corrected chi connectivity index (χ3v) is 5.12. The summed E-state index contributed by atoms with van der Waals surface area (Å²) in [7, 11) is 3.07. The van der Waals surface area contributed by atoms with E-state index < -0.39 is 17.9 Å². The fourth-order valence-corrected chi connectivity index (χ4v) is 3.49. The number of rotatable bonds is 8. The molecule has 0 aliphatic heterocycles. The van der Waals surface area contributed by atoms with Gasteiger partial charge in [0.1, 0.15) is 6.04 Å². The number of nitrogens with one attached hydrogen (secondary N) is 2. The molecular formula is C21H23BrClN3O4. The van der Waals surface area contributed by atoms with Crippen LogP contribution in [0.2, 0.25) is 5.02 Å². The van der Waals surface area contributed by atoms with E-state index in [0.717, 1.165) is 0 Å². The second-order valence-electron chi connectivity index (χ2n) is 6.65. The van der Waals surface area contributed by atoms with E-state index in [2.05, 4.69) is 31.8 Å². The van der Waals surface area contributed by atoms with Crippen LogP contribution in [0.4, 0.5) is 0 Å². The molecule has 0 radical (unpaired) electrons. The van der Waals surface area contributed by atoms with Crippen molar-refractivity contribution < 1.29 is 19.1 Å². The van der Waals surface area contributed by atoms with Gasteiger partial charge in [-0.05, 0) is 51.7 Å². The largest absolute Gasteiger partial charge is 0.493 e. The molecule has 0 aliphatic carbocycles. The van der Waals surface area contributed by atoms with E-state index in [0.29, 0.717) is 32.1 Å². The molecule has 0 bridgehead atoms. The molecule has 0 aromatic heterocycles. The van der Waals surface area contributed by atoms with Gasteiger partial charge in [0.15, 0.2) is 11.5 Å². The summed E-state index contributed by atoms with van der Waals surface area (Å²) in [5, 5.41) is 7.02. The highest BCUT2D eigenvalue weighted by molar-refractivity contribution is 9.10. The summed E-state index contributed by atoms with van der Waals surface area (Å²) in [5.74, 6) is 0.0397. The van der Waals surface area contributed by atoms with Crippen LogP contribution in [-0.2, 0) is 4.79 Å². The third-order valence-electron chi connectivity index (χ3n) is 4.20. The van der Waals surface area contributed by atoms with Crippen LogP contribution in [0.25, 0.3) is 0 Å². The highest BCUT2D eigenvalue weighted by Gasteiger charge is 2.25. The average Bonchev–Trinajstić information content (AvgIpc) is 2.71. The molecule has 2 aromatic carbocycles. The lowest BCUT2D eigenvalue weighted by molar-refractivity contribution is -0.123. The van der Waals surface area contributed by atoms with E-state index in [1.807, 2.05) is 13.8 Å². The monoisotopic (exact) mass is 495 g/mol. The zero-order chi connectivity index (χ0) is 22.3. The van der Waals surface area contributed by atoms with Crippen LogP contribution >= 0.6 is 27.5 Å². The van der Waals surface area contributed by atoms with Gasteiger partial charge in [0.05, 0.1) is 35.5 Å². The maximum atomic E-state index is 12.6. The van der Waals surface area contributed by atoms with Crippen molar-refractivity contribution in [3.05, 3.63) is 57.0 Å². The predicted molar refractivity (Wildman–Crippen MR) is 121 cm³/mol. The molecule has 0 heterocycles. The molecule has 2 amide bonds. The zero-order valence-corrected chi connectivity index (χ0v) is 19.4. The Labute approximate surface area is 188 Å². The van der Waals surface area contributed by atoms with E-state index in [4.69, 9.17) is 21.1 Å². The Morgan fingerprint density at radius 3 is 2.47 bits per heavy atom. The number of hydrogen-bond acceptors (Lipinski definition) is 5. The van der Waals surface area contributed by atoms with Crippen molar-refractivity contribution in [2.75, 3.05) is 14.2 Å². The smallest absolute Gasteiger partial charge is 0.262 e. The first-order valence-corrected chi connectivity index (χ1v) is 10.2. The van der Waals surface area contributed by atoms with Crippen molar-refractivity contribution in [1.29, 1.82) is 0 Å². The van der Waals surface area contributed by atoms with Crippen molar-refractivity contribution in [2.45, 2.75) is 19.9 Å². The van der Waals surface area contributed by atoms with Gasteiger partial charge in [-0.2, -0.15) is 5.10 Å². The summed E-state index contributed by atoms with van der Waals surface area (Å²) >= 11 is 9.47. The molecule has 1 unspecified atom stereocenters. The van der Waals surface area contributed by atoms with Crippen LogP contribution in [0.3, 0.4) is 0 Å². The summed E-state index contributed by atoms with van der Waals surface area (Å²) < 4.78 is 11.2. The Morgan fingerprint density at radius 2 is 1.87 bits per heavy atom. The first-order chi connectivity index (χ1) is 14.3. The Bertz CT molecular complexity index is 950. The van der Waals surface area contributed by atoms with Gasteiger partial charge in [-0.15, -0.1) is 0 Å². The number of benzene rings is 2. The van der Waals surface area contributed by atoms with Crippen LogP contribution in [-0.4, -0.2) is 38.3 Å². The number of hydrazone groups is 1. The first kappa shape index (κ1) is 23.7. The van der Waals surface area contributed by atoms with Gasteiger partial charge in [-0.25, -0.2) is 5.43 Å². The zero-order valence-electron chi connectivity index (χ0n) is 17.0. The van der Waals surface area contributed by atoms with Gasteiger partial charge in [-0.1, -0.05) is 37.6 Å². The van der Waals surface area contributed by atoms with Crippen LogP contribution < -0.4 is 20.2 Å². The molecule has 7 nitrogen and oxygen atoms in total. The maximum absolute atomic E-state index is 12.6. The molecule has 9 heteroatoms.